The minimum atomic E-state index is 0.382. The van der Waals surface area contributed by atoms with Gasteiger partial charge < -0.3 is 0 Å². The second-order valence-corrected chi connectivity index (χ2v) is 3.67. The zero-order valence-electron chi connectivity index (χ0n) is 6.75. The molecule has 2 atom stereocenters. The highest BCUT2D eigenvalue weighted by Gasteiger charge is 2.30. The van der Waals surface area contributed by atoms with Gasteiger partial charge in [0.15, 0.2) is 0 Å². The van der Waals surface area contributed by atoms with Crippen LogP contribution in [0.1, 0.15) is 32.1 Å². The standard InChI is InChI=1S/C10H14O/c11-10-8-4-1-2-5-9(10)7-3-6-8/h1-2,8-9H,3-7H2/t8-,9+. The van der Waals surface area contributed by atoms with Crippen LogP contribution in [0.15, 0.2) is 12.2 Å². The van der Waals surface area contributed by atoms with Gasteiger partial charge in [-0.15, -0.1) is 0 Å². The monoisotopic (exact) mass is 150 g/mol. The molecular formula is C10H14O. The fraction of sp³-hybridized carbons (Fsp3) is 0.700. The van der Waals surface area contributed by atoms with Crippen LogP contribution in [0.25, 0.3) is 0 Å². The Balaban J connectivity index is 2.18. The summed E-state index contributed by atoms with van der Waals surface area (Å²) in [5, 5.41) is 0. The topological polar surface area (TPSA) is 17.1 Å². The van der Waals surface area contributed by atoms with E-state index in [-0.39, 0.29) is 0 Å². The van der Waals surface area contributed by atoms with Crippen LogP contribution in [-0.2, 0) is 4.79 Å². The molecular weight excluding hydrogens is 136 g/mol. The van der Waals surface area contributed by atoms with Crippen LogP contribution < -0.4 is 0 Å². The molecule has 0 heterocycles. The van der Waals surface area contributed by atoms with Gasteiger partial charge in [0.2, 0.25) is 0 Å². The lowest BCUT2D eigenvalue weighted by atomic mass is 9.79. The zero-order chi connectivity index (χ0) is 7.68. The van der Waals surface area contributed by atoms with Gasteiger partial charge in [-0.1, -0.05) is 18.6 Å². The van der Waals surface area contributed by atoms with Crippen LogP contribution in [0.3, 0.4) is 0 Å². The van der Waals surface area contributed by atoms with Crippen molar-refractivity contribution in [2.75, 3.05) is 0 Å². The first-order valence-electron chi connectivity index (χ1n) is 4.56. The molecule has 0 aromatic rings. The Hall–Kier alpha value is -0.590. The van der Waals surface area contributed by atoms with Gasteiger partial charge in [0.25, 0.3) is 0 Å². The van der Waals surface area contributed by atoms with Crippen LogP contribution >= 0.6 is 0 Å². The molecule has 2 bridgehead atoms. The summed E-state index contributed by atoms with van der Waals surface area (Å²) in [6.45, 7) is 0. The average molecular weight is 150 g/mol. The Kier molecular flexibility index (Phi) is 1.80. The van der Waals surface area contributed by atoms with Crippen LogP contribution in [0.4, 0.5) is 0 Å². The third-order valence-corrected chi connectivity index (χ3v) is 2.92. The third-order valence-electron chi connectivity index (χ3n) is 2.92. The SMILES string of the molecule is O=C1[C@@H]2CC=CC[C@H]1CCC2. The Bertz CT molecular complexity index is 175. The van der Waals surface area contributed by atoms with E-state index in [1.54, 1.807) is 0 Å². The Morgan fingerprint density at radius 3 is 2.18 bits per heavy atom. The van der Waals surface area contributed by atoms with Crippen molar-refractivity contribution in [1.29, 1.82) is 0 Å². The van der Waals surface area contributed by atoms with Gasteiger partial charge in [0.05, 0.1) is 0 Å². The smallest absolute Gasteiger partial charge is 0.139 e. The summed E-state index contributed by atoms with van der Waals surface area (Å²) in [5.74, 6) is 1.31. The highest BCUT2D eigenvalue weighted by Crippen LogP contribution is 2.32. The van der Waals surface area contributed by atoms with E-state index in [1.165, 1.54) is 6.42 Å². The summed E-state index contributed by atoms with van der Waals surface area (Å²) in [5.41, 5.74) is 0. The maximum atomic E-state index is 11.6. The summed E-state index contributed by atoms with van der Waals surface area (Å²) in [4.78, 5) is 11.6. The summed E-state index contributed by atoms with van der Waals surface area (Å²) in [6, 6.07) is 0. The van der Waals surface area contributed by atoms with Crippen molar-refractivity contribution in [3.63, 3.8) is 0 Å². The molecule has 0 aromatic carbocycles. The zero-order valence-corrected chi connectivity index (χ0v) is 6.75. The van der Waals surface area contributed by atoms with E-state index < -0.39 is 0 Å². The number of carbonyl (C=O) groups is 1. The predicted molar refractivity (Wildman–Crippen MR) is 44.2 cm³/mol. The quantitative estimate of drug-likeness (QED) is 0.484. The second kappa shape index (κ2) is 2.80. The van der Waals surface area contributed by atoms with Crippen LogP contribution in [-0.4, -0.2) is 5.78 Å². The van der Waals surface area contributed by atoms with Crippen molar-refractivity contribution in [1.82, 2.24) is 0 Å². The Morgan fingerprint density at radius 2 is 1.64 bits per heavy atom. The molecule has 0 spiro atoms. The van der Waals surface area contributed by atoms with Crippen molar-refractivity contribution < 1.29 is 4.79 Å². The minimum Gasteiger partial charge on any atom is -0.299 e. The number of Topliss-reactive ketones (excluding diaryl/α,β-unsaturated/α-hetero) is 1. The molecule has 2 aliphatic rings. The minimum absolute atomic E-state index is 0.382. The number of allylic oxidation sites excluding steroid dienone is 2. The van der Waals surface area contributed by atoms with E-state index >= 15 is 0 Å². The molecule has 2 rings (SSSR count). The summed E-state index contributed by atoms with van der Waals surface area (Å²) in [6.07, 6.45) is 9.94. The highest BCUT2D eigenvalue weighted by molar-refractivity contribution is 5.84. The molecule has 0 N–H and O–H groups in total. The fourth-order valence-corrected chi connectivity index (χ4v) is 2.22. The first kappa shape index (κ1) is 7.08. The largest absolute Gasteiger partial charge is 0.299 e. The molecule has 2 aliphatic carbocycles. The maximum Gasteiger partial charge on any atom is 0.139 e. The average Bonchev–Trinajstić information content (AvgIpc) is 2.17. The van der Waals surface area contributed by atoms with Gasteiger partial charge >= 0.3 is 0 Å². The summed E-state index contributed by atoms with van der Waals surface area (Å²) < 4.78 is 0. The third kappa shape index (κ3) is 1.24. The first-order valence-corrected chi connectivity index (χ1v) is 4.56. The van der Waals surface area contributed by atoms with Crippen molar-refractivity contribution in [2.45, 2.75) is 32.1 Å². The van der Waals surface area contributed by atoms with Gasteiger partial charge in [-0.25, -0.2) is 0 Å². The molecule has 0 saturated heterocycles. The predicted octanol–water partition coefficient (Wildman–Crippen LogP) is 2.32. The molecule has 1 heteroatoms. The molecule has 0 unspecified atom stereocenters. The van der Waals surface area contributed by atoms with Crippen LogP contribution in [0.5, 0.6) is 0 Å². The van der Waals surface area contributed by atoms with E-state index in [1.807, 2.05) is 0 Å². The Labute approximate surface area is 67.5 Å². The summed E-state index contributed by atoms with van der Waals surface area (Å²) >= 11 is 0. The molecule has 0 amide bonds. The maximum absolute atomic E-state index is 11.6. The fourth-order valence-electron chi connectivity index (χ4n) is 2.22. The molecule has 0 aliphatic heterocycles. The van der Waals surface area contributed by atoms with E-state index in [2.05, 4.69) is 12.2 Å². The molecule has 60 valence electrons. The van der Waals surface area contributed by atoms with Crippen LogP contribution in [0.2, 0.25) is 0 Å². The first-order chi connectivity index (χ1) is 5.38. The van der Waals surface area contributed by atoms with Gasteiger partial charge in [0.1, 0.15) is 5.78 Å². The lowest BCUT2D eigenvalue weighted by molar-refractivity contribution is -0.128. The lowest BCUT2D eigenvalue weighted by Crippen LogP contribution is -2.26. The van der Waals surface area contributed by atoms with Gasteiger partial charge in [0, 0.05) is 11.8 Å². The normalized spacial score (nSPS) is 36.9. The highest BCUT2D eigenvalue weighted by atomic mass is 16.1. The van der Waals surface area contributed by atoms with Gasteiger partial charge in [-0.3, -0.25) is 4.79 Å². The van der Waals surface area contributed by atoms with Crippen molar-refractivity contribution in [3.8, 4) is 0 Å². The van der Waals surface area contributed by atoms with E-state index in [9.17, 15) is 4.79 Å². The molecule has 11 heavy (non-hydrogen) atoms. The van der Waals surface area contributed by atoms with Crippen LogP contribution in [0, 0.1) is 11.8 Å². The molecule has 1 fully saturated rings. The van der Waals surface area contributed by atoms with Crippen molar-refractivity contribution in [2.24, 2.45) is 11.8 Å². The second-order valence-electron chi connectivity index (χ2n) is 3.67. The van der Waals surface area contributed by atoms with E-state index in [4.69, 9.17) is 0 Å². The number of fused-ring (bicyclic) bond motifs is 2. The number of hydrogen-bond acceptors (Lipinski definition) is 1. The summed E-state index contributed by atoms with van der Waals surface area (Å²) in [7, 11) is 0. The van der Waals surface area contributed by atoms with E-state index in [0.29, 0.717) is 17.6 Å². The van der Waals surface area contributed by atoms with Crippen molar-refractivity contribution in [3.05, 3.63) is 12.2 Å². The lowest BCUT2D eigenvalue weighted by Gasteiger charge is -2.24. The van der Waals surface area contributed by atoms with Gasteiger partial charge in [-0.05, 0) is 25.7 Å². The molecule has 0 radical (unpaired) electrons. The Morgan fingerprint density at radius 1 is 1.09 bits per heavy atom. The van der Waals surface area contributed by atoms with E-state index in [0.717, 1.165) is 25.7 Å². The number of rotatable bonds is 0. The number of ketones is 1. The number of carbonyl (C=O) groups excluding carboxylic acids is 1. The molecule has 0 aromatic heterocycles. The van der Waals surface area contributed by atoms with Gasteiger partial charge in [-0.2, -0.15) is 0 Å². The van der Waals surface area contributed by atoms with Crippen molar-refractivity contribution >= 4 is 5.78 Å². The molecule has 1 saturated carbocycles. The molecule has 1 nitrogen and oxygen atoms in total. The number of hydrogen-bond donors (Lipinski definition) is 0.